The third-order valence-electron chi connectivity index (χ3n) is 5.62. The van der Waals surface area contributed by atoms with E-state index in [9.17, 15) is 0 Å². The molecule has 0 bridgehead atoms. The van der Waals surface area contributed by atoms with Crippen molar-refractivity contribution in [2.24, 2.45) is 0 Å². The van der Waals surface area contributed by atoms with Gasteiger partial charge >= 0.3 is 0 Å². The van der Waals surface area contributed by atoms with Crippen LogP contribution in [0.4, 0.5) is 11.4 Å². The molecule has 2 aromatic carbocycles. The van der Waals surface area contributed by atoms with Gasteiger partial charge in [0.1, 0.15) is 0 Å². The number of nitrogen functional groups attached to an aromatic ring is 2. The third kappa shape index (κ3) is 5.35. The van der Waals surface area contributed by atoms with Crippen molar-refractivity contribution in [3.63, 3.8) is 0 Å². The Hall–Kier alpha value is -0.870. The molecule has 0 aliphatic carbocycles. The highest BCUT2D eigenvalue weighted by atomic mass is 127. The van der Waals surface area contributed by atoms with Crippen LogP contribution in [0, 0.1) is 0 Å². The Kier molecular flexibility index (Phi) is 9.01. The van der Waals surface area contributed by atoms with Gasteiger partial charge in [0, 0.05) is 28.2 Å². The molecule has 0 aliphatic rings. The molecule has 0 saturated carbocycles. The number of quaternary nitrogens is 1. The molecule has 0 aliphatic heterocycles. The van der Waals surface area contributed by atoms with Gasteiger partial charge in [-0.3, -0.25) is 0 Å². The molecule has 3 aromatic rings. The van der Waals surface area contributed by atoms with Crippen LogP contribution >= 0.6 is 0 Å². The largest absolute Gasteiger partial charge is 1.00 e. The molecule has 1 heterocycles. The average molecular weight is 592 g/mol. The molecule has 27 heavy (non-hydrogen) atoms. The van der Waals surface area contributed by atoms with Crippen LogP contribution in [0.2, 0.25) is 0 Å². The van der Waals surface area contributed by atoms with E-state index in [1.165, 1.54) is 41.3 Å². The Morgan fingerprint density at radius 2 is 1.48 bits per heavy atom. The van der Waals surface area contributed by atoms with E-state index in [2.05, 4.69) is 55.9 Å². The summed E-state index contributed by atoms with van der Waals surface area (Å²) in [5.41, 5.74) is 14.9. The summed E-state index contributed by atoms with van der Waals surface area (Å²) >= 11 is 0. The zero-order chi connectivity index (χ0) is 18.0. The van der Waals surface area contributed by atoms with Gasteiger partial charge in [-0.1, -0.05) is 6.07 Å². The maximum absolute atomic E-state index is 6.07. The fraction of sp³-hybridized carbons (Fsp3) is 0.381. The van der Waals surface area contributed by atoms with Gasteiger partial charge in [-0.25, -0.2) is 0 Å². The van der Waals surface area contributed by atoms with Crippen LogP contribution < -0.4 is 64.0 Å². The lowest BCUT2D eigenvalue weighted by atomic mass is 10.0. The van der Waals surface area contributed by atoms with Crippen LogP contribution in [0.3, 0.4) is 0 Å². The number of nitrogens with two attached hydrogens (primary N) is 2. The summed E-state index contributed by atoms with van der Waals surface area (Å²) in [4.78, 5) is 0. The summed E-state index contributed by atoms with van der Waals surface area (Å²) in [6.07, 6.45) is 3.36. The Balaban J connectivity index is 0.00000182. The van der Waals surface area contributed by atoms with Crippen LogP contribution in [0.5, 0.6) is 0 Å². The predicted molar refractivity (Wildman–Crippen MR) is 107 cm³/mol. The van der Waals surface area contributed by atoms with E-state index in [-0.39, 0.29) is 48.0 Å². The fourth-order valence-corrected chi connectivity index (χ4v) is 3.53. The summed E-state index contributed by atoms with van der Waals surface area (Å²) < 4.78 is 3.45. The van der Waals surface area contributed by atoms with Crippen LogP contribution in [0.1, 0.15) is 20.3 Å². The van der Waals surface area contributed by atoms with Crippen molar-refractivity contribution >= 4 is 33.1 Å². The molecule has 0 unspecified atom stereocenters. The first kappa shape index (κ1) is 24.2. The summed E-state index contributed by atoms with van der Waals surface area (Å²) in [5, 5.41) is 3.64. The first-order chi connectivity index (χ1) is 12.0. The molecule has 4 nitrogen and oxygen atoms in total. The predicted octanol–water partition coefficient (Wildman–Crippen LogP) is -2.67. The fourth-order valence-electron chi connectivity index (χ4n) is 3.53. The maximum atomic E-state index is 6.07. The van der Waals surface area contributed by atoms with Crippen molar-refractivity contribution in [2.75, 3.05) is 38.1 Å². The highest BCUT2D eigenvalue weighted by Gasteiger charge is 2.19. The molecule has 0 saturated heterocycles. The van der Waals surface area contributed by atoms with E-state index < -0.39 is 0 Å². The molecule has 0 fully saturated rings. The van der Waals surface area contributed by atoms with Gasteiger partial charge in [-0.05, 0) is 38.1 Å². The highest BCUT2D eigenvalue weighted by molar-refractivity contribution is 6.05. The zero-order valence-corrected chi connectivity index (χ0v) is 20.7. The normalized spacial score (nSPS) is 11.2. The van der Waals surface area contributed by atoms with E-state index in [1.807, 2.05) is 12.1 Å². The Bertz CT molecular complexity index is 907. The molecule has 0 atom stereocenters. The Labute approximate surface area is 196 Å². The molecule has 4 N–H and O–H groups in total. The quantitative estimate of drug-likeness (QED) is 0.108. The molecule has 1 aromatic heterocycles. The van der Waals surface area contributed by atoms with Crippen LogP contribution in [-0.2, 0) is 6.54 Å². The van der Waals surface area contributed by atoms with Crippen molar-refractivity contribution in [1.29, 1.82) is 0 Å². The number of hydrogen-bond donors (Lipinski definition) is 2. The number of anilines is 2. The van der Waals surface area contributed by atoms with Crippen LogP contribution in [0.15, 0.2) is 42.6 Å². The first-order valence-corrected chi connectivity index (χ1v) is 9.20. The van der Waals surface area contributed by atoms with Gasteiger partial charge in [0.15, 0.2) is 12.7 Å². The van der Waals surface area contributed by atoms with Gasteiger partial charge in [-0.15, -0.1) is 0 Å². The zero-order valence-electron chi connectivity index (χ0n) is 16.4. The molecule has 148 valence electrons. The van der Waals surface area contributed by atoms with Crippen molar-refractivity contribution in [1.82, 2.24) is 0 Å². The van der Waals surface area contributed by atoms with Crippen LogP contribution in [0.25, 0.3) is 21.7 Å². The van der Waals surface area contributed by atoms with Gasteiger partial charge in [0.2, 0.25) is 5.52 Å². The van der Waals surface area contributed by atoms with E-state index >= 15 is 0 Å². The number of hydrogen-bond acceptors (Lipinski definition) is 2. The second kappa shape index (κ2) is 10.1. The molecule has 6 heteroatoms. The average Bonchev–Trinajstić information content (AvgIpc) is 2.61. The lowest BCUT2D eigenvalue weighted by Crippen LogP contribution is -3.00. The smallest absolute Gasteiger partial charge is 0.215 e. The minimum absolute atomic E-state index is 0. The number of rotatable bonds is 6. The minimum Gasteiger partial charge on any atom is -1.00 e. The number of aromatic nitrogens is 1. The second-order valence-electron chi connectivity index (χ2n) is 7.27. The number of aryl methyl sites for hydroxylation is 1. The topological polar surface area (TPSA) is 55.9 Å². The van der Waals surface area contributed by atoms with E-state index in [0.29, 0.717) is 0 Å². The SMILES string of the molecule is CC[N+](C)(CC)CCC[n+]1cc2cc(N)ccc2c2ccc(N)cc21.[I-].[I-]. The number of pyridine rings is 1. The monoisotopic (exact) mass is 592 g/mol. The van der Waals surface area contributed by atoms with Crippen molar-refractivity contribution < 1.29 is 57.0 Å². The van der Waals surface area contributed by atoms with Crippen molar-refractivity contribution in [3.05, 3.63) is 42.6 Å². The lowest BCUT2D eigenvalue weighted by molar-refractivity contribution is -0.908. The molecular weight excluding hydrogens is 562 g/mol. The summed E-state index contributed by atoms with van der Waals surface area (Å²) in [5.74, 6) is 0. The number of fused-ring (bicyclic) bond motifs is 3. The number of benzene rings is 2. The molecule has 0 spiro atoms. The van der Waals surface area contributed by atoms with E-state index in [1.54, 1.807) is 0 Å². The number of nitrogens with zero attached hydrogens (tertiary/aromatic N) is 2. The molecule has 3 rings (SSSR count). The summed E-state index contributed by atoms with van der Waals surface area (Å²) in [6.45, 7) is 9.04. The summed E-state index contributed by atoms with van der Waals surface area (Å²) in [7, 11) is 2.34. The van der Waals surface area contributed by atoms with Crippen molar-refractivity contribution in [3.8, 4) is 0 Å². The van der Waals surface area contributed by atoms with E-state index in [0.717, 1.165) is 28.8 Å². The van der Waals surface area contributed by atoms with Gasteiger partial charge in [0.25, 0.3) is 0 Å². The second-order valence-corrected chi connectivity index (χ2v) is 7.27. The Morgan fingerprint density at radius 3 is 2.11 bits per heavy atom. The molecule has 0 amide bonds. The lowest BCUT2D eigenvalue weighted by Gasteiger charge is -2.31. The van der Waals surface area contributed by atoms with E-state index in [4.69, 9.17) is 11.5 Å². The maximum Gasteiger partial charge on any atom is 0.215 e. The van der Waals surface area contributed by atoms with Crippen LogP contribution in [-0.4, -0.2) is 31.2 Å². The molecular formula is C21H30I2N4. The standard InChI is InChI=1S/C21H29N4.2HI/c1-4-25(3,5-2)12-6-11-24-15-16-13-17(22)7-9-19(16)20-10-8-18(23)14-21(20)24;;/h7-10,13-15,23H,4-6,11-12,22H2,1-3H3;2*1H/q+1;;/p-1. The minimum atomic E-state index is 0. The molecule has 0 radical (unpaired) electrons. The van der Waals surface area contributed by atoms with Gasteiger partial charge in [0.05, 0.1) is 38.5 Å². The highest BCUT2D eigenvalue weighted by Crippen LogP contribution is 2.25. The van der Waals surface area contributed by atoms with Gasteiger partial charge in [-0.2, -0.15) is 4.57 Å². The first-order valence-electron chi connectivity index (χ1n) is 9.20. The Morgan fingerprint density at radius 1 is 0.889 bits per heavy atom. The van der Waals surface area contributed by atoms with Gasteiger partial charge < -0.3 is 63.9 Å². The number of halogens is 2. The van der Waals surface area contributed by atoms with Crippen molar-refractivity contribution in [2.45, 2.75) is 26.8 Å². The summed E-state index contributed by atoms with van der Waals surface area (Å²) in [6, 6.07) is 12.3. The third-order valence-corrected chi connectivity index (χ3v) is 5.62.